The summed E-state index contributed by atoms with van der Waals surface area (Å²) in [4.78, 5) is 22.4. The van der Waals surface area contributed by atoms with Crippen molar-refractivity contribution in [3.05, 3.63) is 46.2 Å². The fraction of sp³-hybridized carbons (Fsp3) is 0.0769. The van der Waals surface area contributed by atoms with Crippen molar-refractivity contribution in [1.82, 2.24) is 10.2 Å². The van der Waals surface area contributed by atoms with Crippen molar-refractivity contribution in [2.45, 2.75) is 6.92 Å². The summed E-state index contributed by atoms with van der Waals surface area (Å²) in [6.45, 7) is 1.73. The quantitative estimate of drug-likeness (QED) is 0.846. The van der Waals surface area contributed by atoms with Crippen LogP contribution in [0.2, 0.25) is 0 Å². The monoisotopic (exact) mass is 307 g/mol. The van der Waals surface area contributed by atoms with Crippen LogP contribution in [0.3, 0.4) is 0 Å². The van der Waals surface area contributed by atoms with Crippen molar-refractivity contribution in [2.24, 2.45) is 0 Å². The number of hydrogen-bond acceptors (Lipinski definition) is 5. The number of benzene rings is 1. The fourth-order valence-corrected chi connectivity index (χ4v) is 2.09. The summed E-state index contributed by atoms with van der Waals surface area (Å²) in [6, 6.07) is 3.74. The van der Waals surface area contributed by atoms with Gasteiger partial charge in [0.1, 0.15) is 10.8 Å². The molecule has 2 rings (SSSR count). The molecule has 1 amide bonds. The smallest absolute Gasteiger partial charge is 0.328 e. The van der Waals surface area contributed by atoms with Crippen LogP contribution >= 0.6 is 11.3 Å². The topological polar surface area (TPSA) is 92.2 Å². The second-order valence-corrected chi connectivity index (χ2v) is 5.17. The van der Waals surface area contributed by atoms with Gasteiger partial charge in [-0.25, -0.2) is 9.18 Å². The second kappa shape index (κ2) is 6.23. The van der Waals surface area contributed by atoms with Gasteiger partial charge in [-0.2, -0.15) is 0 Å². The van der Waals surface area contributed by atoms with E-state index in [2.05, 4.69) is 15.5 Å². The van der Waals surface area contributed by atoms with E-state index in [1.807, 2.05) is 0 Å². The van der Waals surface area contributed by atoms with Gasteiger partial charge in [0.15, 0.2) is 0 Å². The van der Waals surface area contributed by atoms with Gasteiger partial charge in [0, 0.05) is 6.08 Å². The summed E-state index contributed by atoms with van der Waals surface area (Å²) >= 11 is 1.17. The van der Waals surface area contributed by atoms with Crippen molar-refractivity contribution in [2.75, 3.05) is 5.32 Å². The van der Waals surface area contributed by atoms with E-state index in [1.165, 1.54) is 29.5 Å². The Kier molecular flexibility index (Phi) is 4.39. The Labute approximate surface area is 123 Å². The predicted molar refractivity (Wildman–Crippen MR) is 75.7 cm³/mol. The van der Waals surface area contributed by atoms with Gasteiger partial charge in [0.05, 0.1) is 5.56 Å². The van der Waals surface area contributed by atoms with Gasteiger partial charge in [-0.15, -0.1) is 10.2 Å². The van der Waals surface area contributed by atoms with Gasteiger partial charge < -0.3 is 5.11 Å². The summed E-state index contributed by atoms with van der Waals surface area (Å²) in [5.41, 5.74) is 0.202. The fourth-order valence-electron chi connectivity index (χ4n) is 1.50. The summed E-state index contributed by atoms with van der Waals surface area (Å²) in [7, 11) is 0. The summed E-state index contributed by atoms with van der Waals surface area (Å²) in [5, 5.41) is 19.4. The van der Waals surface area contributed by atoms with Gasteiger partial charge in [0.2, 0.25) is 5.13 Å². The van der Waals surface area contributed by atoms with Crippen LogP contribution in [0.1, 0.15) is 20.9 Å². The zero-order valence-electron chi connectivity index (χ0n) is 10.8. The van der Waals surface area contributed by atoms with Gasteiger partial charge in [0.25, 0.3) is 5.91 Å². The highest BCUT2D eigenvalue weighted by Crippen LogP contribution is 2.17. The number of halogens is 1. The lowest BCUT2D eigenvalue weighted by Crippen LogP contribution is -2.13. The van der Waals surface area contributed by atoms with E-state index >= 15 is 0 Å². The van der Waals surface area contributed by atoms with Crippen LogP contribution in [0, 0.1) is 12.7 Å². The van der Waals surface area contributed by atoms with Crippen LogP contribution in [0.25, 0.3) is 6.08 Å². The molecule has 1 aromatic heterocycles. The highest BCUT2D eigenvalue weighted by atomic mass is 32.1. The molecule has 2 aromatic rings. The van der Waals surface area contributed by atoms with Crippen molar-refractivity contribution < 1.29 is 19.1 Å². The number of carbonyl (C=O) groups excluding carboxylic acids is 1. The Morgan fingerprint density at radius 1 is 1.38 bits per heavy atom. The molecule has 6 nitrogen and oxygen atoms in total. The Hall–Kier alpha value is -2.61. The van der Waals surface area contributed by atoms with Crippen molar-refractivity contribution in [1.29, 1.82) is 0 Å². The molecule has 8 heteroatoms. The number of hydrogen-bond donors (Lipinski definition) is 2. The third kappa shape index (κ3) is 3.93. The maximum atomic E-state index is 13.7. The van der Waals surface area contributed by atoms with Gasteiger partial charge in [-0.05, 0) is 30.7 Å². The van der Waals surface area contributed by atoms with Crippen LogP contribution in [0.4, 0.5) is 9.52 Å². The average molecular weight is 307 g/mol. The molecule has 0 atom stereocenters. The molecule has 0 saturated carbocycles. The third-order valence-corrected chi connectivity index (χ3v) is 3.15. The normalized spacial score (nSPS) is 10.8. The molecule has 1 aromatic carbocycles. The molecule has 0 aliphatic heterocycles. The van der Waals surface area contributed by atoms with Crippen LogP contribution in [-0.4, -0.2) is 27.2 Å². The number of carboxylic acid groups (broad SMARTS) is 1. The molecule has 1 heterocycles. The van der Waals surface area contributed by atoms with E-state index in [9.17, 15) is 14.0 Å². The minimum absolute atomic E-state index is 0.199. The van der Waals surface area contributed by atoms with Crippen LogP contribution in [0.15, 0.2) is 24.3 Å². The lowest BCUT2D eigenvalue weighted by atomic mass is 10.1. The highest BCUT2D eigenvalue weighted by Gasteiger charge is 2.14. The zero-order valence-corrected chi connectivity index (χ0v) is 11.6. The molecule has 2 N–H and O–H groups in total. The van der Waals surface area contributed by atoms with Crippen LogP contribution in [-0.2, 0) is 4.79 Å². The molecule has 0 saturated heterocycles. The Morgan fingerprint density at radius 2 is 2.14 bits per heavy atom. The van der Waals surface area contributed by atoms with E-state index < -0.39 is 17.7 Å². The van der Waals surface area contributed by atoms with Crippen molar-refractivity contribution in [3.8, 4) is 0 Å². The zero-order chi connectivity index (χ0) is 15.4. The lowest BCUT2D eigenvalue weighted by molar-refractivity contribution is -0.131. The molecular weight excluding hydrogens is 297 g/mol. The number of carbonyl (C=O) groups is 2. The Balaban J connectivity index is 2.23. The summed E-state index contributed by atoms with van der Waals surface area (Å²) in [6.07, 6.45) is 2.18. The Bertz CT molecular complexity index is 727. The third-order valence-electron chi connectivity index (χ3n) is 2.40. The number of amides is 1. The molecule has 21 heavy (non-hydrogen) atoms. The standard InChI is InChI=1S/C13H10FN3O3S/c1-7-16-17-13(21-7)15-12(20)9-6-8(2-4-10(9)14)3-5-11(18)19/h2-6H,1H3,(H,18,19)(H,15,17,20)/b5-3+. The molecule has 0 aliphatic rings. The van der Waals surface area contributed by atoms with E-state index in [4.69, 9.17) is 5.11 Å². The van der Waals surface area contributed by atoms with Crippen LogP contribution < -0.4 is 5.32 Å². The number of aliphatic carboxylic acids is 1. The van der Waals surface area contributed by atoms with E-state index in [0.717, 1.165) is 12.1 Å². The maximum Gasteiger partial charge on any atom is 0.328 e. The molecule has 0 bridgehead atoms. The molecule has 0 unspecified atom stereocenters. The first kappa shape index (κ1) is 14.8. The van der Waals surface area contributed by atoms with E-state index in [-0.39, 0.29) is 10.7 Å². The largest absolute Gasteiger partial charge is 0.478 e. The molecule has 0 fully saturated rings. The number of rotatable bonds is 4. The van der Waals surface area contributed by atoms with Gasteiger partial charge >= 0.3 is 5.97 Å². The van der Waals surface area contributed by atoms with Crippen LogP contribution in [0.5, 0.6) is 0 Å². The number of nitrogens with zero attached hydrogens (tertiary/aromatic N) is 2. The minimum Gasteiger partial charge on any atom is -0.478 e. The Morgan fingerprint density at radius 3 is 2.76 bits per heavy atom. The predicted octanol–water partition coefficient (Wildman–Crippen LogP) is 2.34. The highest BCUT2D eigenvalue weighted by molar-refractivity contribution is 7.15. The first-order valence-electron chi connectivity index (χ1n) is 5.78. The number of carboxylic acids is 1. The average Bonchev–Trinajstić information content (AvgIpc) is 2.83. The molecule has 0 spiro atoms. The minimum atomic E-state index is -1.13. The molecule has 0 radical (unpaired) electrons. The molecule has 108 valence electrons. The van der Waals surface area contributed by atoms with Gasteiger partial charge in [-0.3, -0.25) is 10.1 Å². The first-order chi connectivity index (χ1) is 9.95. The van der Waals surface area contributed by atoms with Gasteiger partial charge in [-0.1, -0.05) is 17.4 Å². The van der Waals surface area contributed by atoms with Crippen molar-refractivity contribution in [3.63, 3.8) is 0 Å². The molecule has 0 aliphatic carbocycles. The number of aromatic nitrogens is 2. The maximum absolute atomic E-state index is 13.7. The first-order valence-corrected chi connectivity index (χ1v) is 6.59. The van der Waals surface area contributed by atoms with Crippen molar-refractivity contribution >= 4 is 34.4 Å². The number of anilines is 1. The SMILES string of the molecule is Cc1nnc(NC(=O)c2cc(/C=C/C(=O)O)ccc2F)s1. The second-order valence-electron chi connectivity index (χ2n) is 3.99. The lowest BCUT2D eigenvalue weighted by Gasteiger charge is -2.04. The van der Waals surface area contributed by atoms with E-state index in [1.54, 1.807) is 6.92 Å². The van der Waals surface area contributed by atoms with E-state index in [0.29, 0.717) is 10.6 Å². The number of nitrogens with one attached hydrogen (secondary N) is 1. The summed E-state index contributed by atoms with van der Waals surface area (Å²) in [5.74, 6) is -2.51. The number of aryl methyl sites for hydroxylation is 1. The molecular formula is C13H10FN3O3S. The summed E-state index contributed by atoms with van der Waals surface area (Å²) < 4.78 is 13.7.